The molecule has 5 rings (SSSR count). The highest BCUT2D eigenvalue weighted by molar-refractivity contribution is 7.32. The maximum atomic E-state index is 13.8. The van der Waals surface area contributed by atoms with E-state index in [9.17, 15) is 9.59 Å². The Morgan fingerprint density at radius 3 is 1.79 bits per heavy atom. The standard InChI is InChI=1S/C26H25NO2S4/c1-3-5-8-16(4-2)15-27-25(28)17-13-21(19-9-6-11-30-19)32-23(17)24-18(26(27)29)14-22(33-24)20-10-7-12-31-20/h6-7,9-14,16H,3-5,8,15H2,1-2H3. The lowest BCUT2D eigenvalue weighted by Gasteiger charge is -2.14. The Labute approximate surface area is 208 Å². The molecule has 0 aliphatic carbocycles. The van der Waals surface area contributed by atoms with Crippen molar-refractivity contribution in [2.24, 2.45) is 5.92 Å². The van der Waals surface area contributed by atoms with Crippen LogP contribution in [-0.2, 0) is 6.54 Å². The van der Waals surface area contributed by atoms with Crippen LogP contribution in [0.15, 0.2) is 56.7 Å². The van der Waals surface area contributed by atoms with Crippen molar-refractivity contribution in [3.05, 3.63) is 67.9 Å². The van der Waals surface area contributed by atoms with E-state index >= 15 is 0 Å². The van der Waals surface area contributed by atoms with Crippen molar-refractivity contribution in [1.82, 2.24) is 4.57 Å². The summed E-state index contributed by atoms with van der Waals surface area (Å²) < 4.78 is 3.40. The smallest absolute Gasteiger partial charge is 0.262 e. The minimum atomic E-state index is -0.148. The molecule has 0 bridgehead atoms. The normalized spacial score (nSPS) is 12.7. The van der Waals surface area contributed by atoms with Gasteiger partial charge in [0, 0.05) is 26.1 Å². The molecule has 7 heteroatoms. The van der Waals surface area contributed by atoms with Gasteiger partial charge in [-0.2, -0.15) is 0 Å². The fraction of sp³-hybridized carbons (Fsp3) is 0.308. The molecular weight excluding hydrogens is 487 g/mol. The maximum absolute atomic E-state index is 13.8. The monoisotopic (exact) mass is 511 g/mol. The second kappa shape index (κ2) is 9.66. The second-order valence-electron chi connectivity index (χ2n) is 8.30. The molecule has 0 saturated carbocycles. The van der Waals surface area contributed by atoms with Crippen LogP contribution in [0.5, 0.6) is 0 Å². The Morgan fingerprint density at radius 1 is 0.818 bits per heavy atom. The molecule has 0 radical (unpaired) electrons. The summed E-state index contributed by atoms with van der Waals surface area (Å²) in [6, 6.07) is 12.3. The summed E-state index contributed by atoms with van der Waals surface area (Å²) in [5, 5.41) is 5.45. The Hall–Kier alpha value is -2.06. The van der Waals surface area contributed by atoms with Crippen LogP contribution in [0.4, 0.5) is 0 Å². The van der Waals surface area contributed by atoms with E-state index in [1.165, 1.54) is 4.57 Å². The van der Waals surface area contributed by atoms with Crippen LogP contribution in [0, 0.1) is 5.92 Å². The summed E-state index contributed by atoms with van der Waals surface area (Å²) in [6.45, 7) is 4.83. The molecule has 0 fully saturated rings. The minimum absolute atomic E-state index is 0.148. The van der Waals surface area contributed by atoms with Gasteiger partial charge in [-0.25, -0.2) is 0 Å². The minimum Gasteiger partial charge on any atom is -0.274 e. The van der Waals surface area contributed by atoms with Crippen molar-refractivity contribution in [3.63, 3.8) is 0 Å². The first-order valence-electron chi connectivity index (χ1n) is 11.3. The van der Waals surface area contributed by atoms with E-state index in [2.05, 4.69) is 36.7 Å². The SMILES string of the molecule is CCCCC(CC)Cn1c(=O)c2cc(-c3cccs3)sc2c2sc(-c3cccs3)cc2c1=O. The summed E-state index contributed by atoms with van der Waals surface area (Å²) in [6.07, 6.45) is 4.24. The van der Waals surface area contributed by atoms with Gasteiger partial charge in [0.05, 0.1) is 20.2 Å². The maximum Gasteiger partial charge on any atom is 0.262 e. The number of fused-ring (bicyclic) bond motifs is 3. The molecule has 1 unspecified atom stereocenters. The van der Waals surface area contributed by atoms with Crippen LogP contribution in [0.2, 0.25) is 0 Å². The predicted molar refractivity (Wildman–Crippen MR) is 148 cm³/mol. The predicted octanol–water partition coefficient (Wildman–Crippen LogP) is 8.31. The lowest BCUT2D eigenvalue weighted by molar-refractivity contribution is 0.383. The van der Waals surface area contributed by atoms with Crippen LogP contribution < -0.4 is 11.1 Å². The molecule has 5 heterocycles. The van der Waals surface area contributed by atoms with Crippen molar-refractivity contribution >= 4 is 65.5 Å². The van der Waals surface area contributed by atoms with E-state index < -0.39 is 0 Å². The topological polar surface area (TPSA) is 39.1 Å². The Morgan fingerprint density at radius 2 is 1.36 bits per heavy atom. The third-order valence-electron chi connectivity index (χ3n) is 6.13. The van der Waals surface area contributed by atoms with E-state index in [1.807, 2.05) is 24.3 Å². The van der Waals surface area contributed by atoms with Gasteiger partial charge in [-0.1, -0.05) is 45.2 Å². The van der Waals surface area contributed by atoms with Gasteiger partial charge in [0.15, 0.2) is 0 Å². The fourth-order valence-corrected chi connectivity index (χ4v) is 8.35. The number of rotatable bonds is 8. The zero-order chi connectivity index (χ0) is 22.9. The van der Waals surface area contributed by atoms with Crippen LogP contribution in [0.3, 0.4) is 0 Å². The lowest BCUT2D eigenvalue weighted by atomic mass is 9.99. The molecule has 5 aromatic rings. The summed E-state index contributed by atoms with van der Waals surface area (Å²) >= 11 is 6.62. The summed E-state index contributed by atoms with van der Waals surface area (Å²) in [5.41, 5.74) is -0.296. The zero-order valence-corrected chi connectivity index (χ0v) is 21.9. The number of thiophene rings is 4. The molecule has 1 atom stereocenters. The molecule has 33 heavy (non-hydrogen) atoms. The molecule has 0 saturated heterocycles. The van der Waals surface area contributed by atoms with E-state index in [0.717, 1.165) is 54.6 Å². The van der Waals surface area contributed by atoms with Crippen LogP contribution in [-0.4, -0.2) is 4.57 Å². The van der Waals surface area contributed by atoms with E-state index in [4.69, 9.17) is 0 Å². The molecule has 0 aromatic carbocycles. The molecular formula is C26H25NO2S4. The zero-order valence-electron chi connectivity index (χ0n) is 18.6. The Bertz CT molecular complexity index is 1400. The number of hydrogen-bond acceptors (Lipinski definition) is 6. The Kier molecular flexibility index (Phi) is 6.65. The molecule has 0 amide bonds. The number of nitrogens with zero attached hydrogens (tertiary/aromatic N) is 1. The molecule has 0 aliphatic rings. The third-order valence-corrected chi connectivity index (χ3v) is 10.7. The highest BCUT2D eigenvalue weighted by Gasteiger charge is 2.20. The molecule has 3 nitrogen and oxygen atoms in total. The summed E-state index contributed by atoms with van der Waals surface area (Å²) in [4.78, 5) is 32.0. The number of unbranched alkanes of at least 4 members (excludes halogenated alkanes) is 1. The summed E-state index contributed by atoms with van der Waals surface area (Å²) in [5.74, 6) is 0.327. The van der Waals surface area contributed by atoms with Gasteiger partial charge < -0.3 is 0 Å². The van der Waals surface area contributed by atoms with Crippen LogP contribution >= 0.6 is 45.3 Å². The average molecular weight is 512 g/mol. The second-order valence-corrected chi connectivity index (χ2v) is 12.3. The van der Waals surface area contributed by atoms with Gasteiger partial charge in [0.1, 0.15) is 0 Å². The van der Waals surface area contributed by atoms with Crippen molar-refractivity contribution in [2.45, 2.75) is 46.1 Å². The average Bonchev–Trinajstić information content (AvgIpc) is 3.62. The van der Waals surface area contributed by atoms with Gasteiger partial charge in [-0.05, 0) is 47.4 Å². The van der Waals surface area contributed by atoms with E-state index in [1.54, 1.807) is 45.3 Å². The van der Waals surface area contributed by atoms with Crippen molar-refractivity contribution < 1.29 is 0 Å². The number of hydrogen-bond donors (Lipinski definition) is 0. The first-order valence-corrected chi connectivity index (χ1v) is 14.7. The number of aromatic nitrogens is 1. The third kappa shape index (κ3) is 4.28. The lowest BCUT2D eigenvalue weighted by Crippen LogP contribution is -2.32. The fourth-order valence-electron chi connectivity index (χ4n) is 4.24. The van der Waals surface area contributed by atoms with Crippen molar-refractivity contribution in [2.75, 3.05) is 0 Å². The highest BCUT2D eigenvalue weighted by Crippen LogP contribution is 2.42. The van der Waals surface area contributed by atoms with E-state index in [-0.39, 0.29) is 11.1 Å². The first kappa shape index (κ1) is 22.7. The molecule has 170 valence electrons. The van der Waals surface area contributed by atoms with Gasteiger partial charge in [0.25, 0.3) is 11.1 Å². The van der Waals surface area contributed by atoms with Crippen LogP contribution in [0.1, 0.15) is 39.5 Å². The first-order chi connectivity index (χ1) is 16.1. The largest absolute Gasteiger partial charge is 0.274 e. The molecule has 0 spiro atoms. The van der Waals surface area contributed by atoms with Gasteiger partial charge in [-0.3, -0.25) is 14.2 Å². The van der Waals surface area contributed by atoms with E-state index in [0.29, 0.717) is 23.2 Å². The van der Waals surface area contributed by atoms with Crippen molar-refractivity contribution in [1.29, 1.82) is 0 Å². The summed E-state index contributed by atoms with van der Waals surface area (Å²) in [7, 11) is 0. The molecule has 5 aromatic heterocycles. The molecule has 0 N–H and O–H groups in total. The van der Waals surface area contributed by atoms with Gasteiger partial charge in [-0.15, -0.1) is 45.3 Å². The molecule has 0 aliphatic heterocycles. The highest BCUT2D eigenvalue weighted by atomic mass is 32.1. The van der Waals surface area contributed by atoms with Crippen LogP contribution in [0.25, 0.3) is 39.7 Å². The van der Waals surface area contributed by atoms with Crippen molar-refractivity contribution in [3.8, 4) is 19.5 Å². The van der Waals surface area contributed by atoms with Gasteiger partial charge >= 0.3 is 0 Å². The Balaban J connectivity index is 1.80. The quantitative estimate of drug-likeness (QED) is 0.210. The van der Waals surface area contributed by atoms with Gasteiger partial charge in [0.2, 0.25) is 0 Å².